The van der Waals surface area contributed by atoms with Gasteiger partial charge in [0.05, 0.1) is 18.1 Å². The van der Waals surface area contributed by atoms with E-state index in [2.05, 4.69) is 78.4 Å². The van der Waals surface area contributed by atoms with Crippen molar-refractivity contribution >= 4 is 56.5 Å². The number of aryl methyl sites for hydroxylation is 1. The summed E-state index contributed by atoms with van der Waals surface area (Å²) in [5, 5.41) is 23.3. The third-order valence-corrected chi connectivity index (χ3v) is 10.8. The quantitative estimate of drug-likeness (QED) is 0.0280. The van der Waals surface area contributed by atoms with Crippen LogP contribution in [0.4, 0.5) is 5.69 Å². The second-order valence-electron chi connectivity index (χ2n) is 12.7. The number of aliphatic carboxylic acids is 1. The largest absolute Gasteiger partial charge is 0.481 e. The number of thiazole rings is 1. The van der Waals surface area contributed by atoms with Gasteiger partial charge < -0.3 is 14.7 Å². The summed E-state index contributed by atoms with van der Waals surface area (Å²) in [6.45, 7) is 10.0. The topological polar surface area (TPSA) is 94.5 Å². The van der Waals surface area contributed by atoms with Crippen LogP contribution >= 0.6 is 11.3 Å². The van der Waals surface area contributed by atoms with Crippen molar-refractivity contribution in [3.8, 4) is 6.07 Å². The second-order valence-corrected chi connectivity index (χ2v) is 13.7. The van der Waals surface area contributed by atoms with E-state index in [1.165, 1.54) is 11.1 Å². The molecule has 0 spiro atoms. The molecule has 8 heteroatoms. The van der Waals surface area contributed by atoms with Gasteiger partial charge in [-0.05, 0) is 66.1 Å². The number of carboxylic acids is 1. The number of carboxylic acid groups (broad SMARTS) is 1. The van der Waals surface area contributed by atoms with Gasteiger partial charge in [0, 0.05) is 40.9 Å². The molecule has 5 rings (SSSR count). The minimum Gasteiger partial charge on any atom is -0.481 e. The van der Waals surface area contributed by atoms with Crippen LogP contribution in [0.25, 0.3) is 27.1 Å². The van der Waals surface area contributed by atoms with Crippen molar-refractivity contribution in [2.24, 2.45) is 0 Å². The highest BCUT2D eigenvalue weighted by Gasteiger charge is 2.45. The lowest BCUT2D eigenvalue weighted by atomic mass is 9.72. The van der Waals surface area contributed by atoms with E-state index in [4.69, 9.17) is 4.74 Å². The molecule has 0 saturated heterocycles. The van der Waals surface area contributed by atoms with Gasteiger partial charge in [-0.1, -0.05) is 93.3 Å². The minimum absolute atomic E-state index is 0.00449. The molecule has 258 valence electrons. The van der Waals surface area contributed by atoms with E-state index in [0.29, 0.717) is 31.6 Å². The van der Waals surface area contributed by atoms with Gasteiger partial charge in [0.2, 0.25) is 5.52 Å². The second kappa shape index (κ2) is 17.1. The molecule has 1 aromatic heterocycles. The zero-order valence-corrected chi connectivity index (χ0v) is 29.9. The number of carbonyl (C=O) groups excluding carboxylic acids is 1. The highest BCUT2D eigenvalue weighted by molar-refractivity contribution is 7.19. The number of hydrogen-bond donors (Lipinski definition) is 1. The van der Waals surface area contributed by atoms with Crippen LogP contribution < -0.4 is 9.47 Å². The molecule has 0 fully saturated rings. The molecule has 0 amide bonds. The van der Waals surface area contributed by atoms with E-state index in [9.17, 15) is 20.0 Å². The smallest absolute Gasteiger partial charge is 0.305 e. The minimum atomic E-state index is -0.848. The molecule has 0 radical (unpaired) electrons. The van der Waals surface area contributed by atoms with E-state index in [-0.39, 0.29) is 18.4 Å². The maximum absolute atomic E-state index is 11.8. The molecular weight excluding hydrogens is 643 g/mol. The van der Waals surface area contributed by atoms with Gasteiger partial charge in [-0.3, -0.25) is 9.59 Å². The molecule has 50 heavy (non-hydrogen) atoms. The van der Waals surface area contributed by atoms with Crippen molar-refractivity contribution in [2.75, 3.05) is 18.1 Å². The number of anilines is 1. The lowest BCUT2D eigenvalue weighted by Gasteiger charge is -2.33. The predicted molar refractivity (Wildman–Crippen MR) is 203 cm³/mol. The standard InChI is InChI=1S/C42H45N3O4S/c1-4-7-8-11-24-42(23-5-2)35-28-31(6-3)14-18-36(35)44(25-22-40(47)48)38(42)20-15-32(29-43)16-21-39-45(26-27-49-30-46)37-19-17-33-12-9-10-13-34(33)41(37)50-39/h5,9-10,12-21,28,30H,2,4,6-8,11,22-27H2,1,3H3/p+1. The van der Waals surface area contributed by atoms with Crippen LogP contribution in [0.3, 0.4) is 0 Å². The summed E-state index contributed by atoms with van der Waals surface area (Å²) < 4.78 is 8.31. The SMILES string of the molecule is C=CCC1(CCCCCC)C(=CC=C(C#N)C=Cc2sc3c4ccccc4ccc3[n+]2CCOC=O)N(CCC(=O)O)c2ccc(CC)cc21. The third-order valence-electron chi connectivity index (χ3n) is 9.63. The van der Waals surface area contributed by atoms with Gasteiger partial charge in [0.25, 0.3) is 11.5 Å². The van der Waals surface area contributed by atoms with Crippen molar-refractivity contribution in [1.29, 1.82) is 5.26 Å². The van der Waals surface area contributed by atoms with Gasteiger partial charge >= 0.3 is 5.97 Å². The van der Waals surface area contributed by atoms with Crippen LogP contribution in [0.5, 0.6) is 0 Å². The molecule has 1 aliphatic rings. The van der Waals surface area contributed by atoms with E-state index >= 15 is 0 Å². The molecule has 1 N–H and O–H groups in total. The summed E-state index contributed by atoms with van der Waals surface area (Å²) in [7, 11) is 0. The number of nitriles is 1. The zero-order chi connectivity index (χ0) is 35.5. The molecular formula is C42H46N3O4S+. The maximum atomic E-state index is 11.8. The van der Waals surface area contributed by atoms with Crippen molar-refractivity contribution in [3.63, 3.8) is 0 Å². The van der Waals surface area contributed by atoms with Crippen LogP contribution in [0, 0.1) is 11.3 Å². The number of fused-ring (bicyclic) bond motifs is 4. The first-order chi connectivity index (χ1) is 24.4. The first kappa shape index (κ1) is 36.3. The average molecular weight is 689 g/mol. The van der Waals surface area contributed by atoms with Crippen molar-refractivity contribution in [2.45, 2.75) is 77.2 Å². The number of ether oxygens (including phenoxy) is 1. The summed E-state index contributed by atoms with van der Waals surface area (Å²) in [4.78, 5) is 24.9. The fourth-order valence-corrected chi connectivity index (χ4v) is 8.39. The molecule has 1 aliphatic heterocycles. The molecule has 0 aliphatic carbocycles. The Balaban J connectivity index is 1.61. The van der Waals surface area contributed by atoms with Gasteiger partial charge in [0.15, 0.2) is 6.54 Å². The number of nitrogens with zero attached hydrogens (tertiary/aromatic N) is 3. The molecule has 1 atom stereocenters. The summed E-state index contributed by atoms with van der Waals surface area (Å²) >= 11 is 1.64. The van der Waals surface area contributed by atoms with Crippen molar-refractivity contribution in [3.05, 3.63) is 113 Å². The number of rotatable bonds is 18. The Labute approximate surface area is 299 Å². The van der Waals surface area contributed by atoms with Crippen LogP contribution in [0.15, 0.2) is 96.8 Å². The molecule has 2 heterocycles. The number of allylic oxidation sites excluding steroid dienone is 6. The number of unbranched alkanes of at least 4 members (excludes halogenated alkanes) is 3. The lowest BCUT2D eigenvalue weighted by molar-refractivity contribution is -0.669. The molecule has 1 unspecified atom stereocenters. The van der Waals surface area contributed by atoms with Crippen LogP contribution in [-0.2, 0) is 32.7 Å². The molecule has 3 aromatic carbocycles. The van der Waals surface area contributed by atoms with Gasteiger partial charge in [-0.25, -0.2) is 0 Å². The highest BCUT2D eigenvalue weighted by Crippen LogP contribution is 2.53. The van der Waals surface area contributed by atoms with E-state index in [1.807, 2.05) is 42.5 Å². The van der Waals surface area contributed by atoms with Crippen molar-refractivity contribution in [1.82, 2.24) is 0 Å². The molecule has 0 bridgehead atoms. The van der Waals surface area contributed by atoms with Crippen LogP contribution in [0.1, 0.15) is 74.9 Å². The predicted octanol–water partition coefficient (Wildman–Crippen LogP) is 9.20. The Morgan fingerprint density at radius 2 is 1.98 bits per heavy atom. The number of carbonyl (C=O) groups is 2. The molecule has 0 saturated carbocycles. The van der Waals surface area contributed by atoms with E-state index < -0.39 is 5.97 Å². The van der Waals surface area contributed by atoms with E-state index in [1.54, 1.807) is 11.3 Å². The Hall–Kier alpha value is -5.00. The van der Waals surface area contributed by atoms with Crippen molar-refractivity contribution < 1.29 is 24.0 Å². The Morgan fingerprint density at radius 3 is 2.72 bits per heavy atom. The maximum Gasteiger partial charge on any atom is 0.305 e. The first-order valence-corrected chi connectivity index (χ1v) is 18.4. The normalized spacial score (nSPS) is 16.7. The fraction of sp³-hybridized carbons (Fsp3) is 0.333. The molecule has 4 aromatic rings. The van der Waals surface area contributed by atoms with E-state index in [0.717, 1.165) is 75.9 Å². The first-order valence-electron chi connectivity index (χ1n) is 17.5. The number of hydrogen-bond acceptors (Lipinski definition) is 6. The summed E-state index contributed by atoms with van der Waals surface area (Å²) in [5.41, 5.74) is 5.61. The number of aromatic nitrogens is 1. The van der Waals surface area contributed by atoms with Crippen LogP contribution in [-0.4, -0.2) is 30.7 Å². The van der Waals surface area contributed by atoms with Gasteiger partial charge in [0.1, 0.15) is 11.3 Å². The Morgan fingerprint density at radius 1 is 1.14 bits per heavy atom. The number of benzene rings is 3. The Kier molecular flexibility index (Phi) is 12.4. The lowest BCUT2D eigenvalue weighted by Crippen LogP contribution is -2.37. The van der Waals surface area contributed by atoms with Gasteiger partial charge in [-0.2, -0.15) is 9.83 Å². The monoisotopic (exact) mass is 688 g/mol. The average Bonchev–Trinajstić information content (AvgIpc) is 3.61. The third kappa shape index (κ3) is 7.74. The highest BCUT2D eigenvalue weighted by atomic mass is 32.1. The summed E-state index contributed by atoms with van der Waals surface area (Å²) in [6, 6.07) is 21.4. The zero-order valence-electron chi connectivity index (χ0n) is 29.1. The molecule has 7 nitrogen and oxygen atoms in total. The fourth-order valence-electron chi connectivity index (χ4n) is 7.16. The Bertz CT molecular complexity index is 2000. The van der Waals surface area contributed by atoms with Crippen LogP contribution in [0.2, 0.25) is 0 Å². The van der Waals surface area contributed by atoms with Gasteiger partial charge in [-0.15, -0.1) is 6.58 Å². The summed E-state index contributed by atoms with van der Waals surface area (Å²) in [5.74, 6) is -0.848. The summed E-state index contributed by atoms with van der Waals surface area (Å²) in [6.07, 6.45) is 16.6.